The highest BCUT2D eigenvalue weighted by atomic mass is 16.4. The molecule has 0 saturated carbocycles. The molecule has 1 atom stereocenters. The van der Waals surface area contributed by atoms with Gasteiger partial charge < -0.3 is 15.7 Å². The predicted octanol–water partition coefficient (Wildman–Crippen LogP) is 1.63. The topological polar surface area (TPSA) is 78.4 Å². The van der Waals surface area contributed by atoms with Gasteiger partial charge in [0, 0.05) is 25.4 Å². The van der Waals surface area contributed by atoms with Gasteiger partial charge in [0.25, 0.3) is 0 Å². The van der Waals surface area contributed by atoms with Crippen molar-refractivity contribution in [3.8, 4) is 0 Å². The number of rotatable bonds is 10. The van der Waals surface area contributed by atoms with Gasteiger partial charge in [0.05, 0.1) is 0 Å². The maximum absolute atomic E-state index is 11.8. The Morgan fingerprint density at radius 3 is 2.42 bits per heavy atom. The lowest BCUT2D eigenvalue weighted by Gasteiger charge is -2.24. The lowest BCUT2D eigenvalue weighted by Crippen LogP contribution is -2.36. The maximum atomic E-state index is 11.8. The van der Waals surface area contributed by atoms with Gasteiger partial charge in [-0.05, 0) is 24.8 Å². The van der Waals surface area contributed by atoms with Crippen LogP contribution in [0.2, 0.25) is 0 Å². The average molecular weight is 272 g/mol. The number of carbonyl (C=O) groups excluding carboxylic acids is 1. The van der Waals surface area contributed by atoms with Gasteiger partial charge in [-0.25, -0.2) is 0 Å². The minimum absolute atomic E-state index is 0.0397. The van der Waals surface area contributed by atoms with Crippen LogP contribution >= 0.6 is 0 Å². The van der Waals surface area contributed by atoms with Crippen molar-refractivity contribution in [1.82, 2.24) is 10.6 Å². The van der Waals surface area contributed by atoms with Gasteiger partial charge in [0.1, 0.15) is 0 Å². The van der Waals surface area contributed by atoms with Crippen LogP contribution in [-0.4, -0.2) is 36.6 Å². The van der Waals surface area contributed by atoms with Gasteiger partial charge in [-0.3, -0.25) is 9.59 Å². The third-order valence-corrected chi connectivity index (χ3v) is 3.26. The van der Waals surface area contributed by atoms with E-state index < -0.39 is 5.97 Å². The molecular formula is C14H28N2O3. The molecule has 0 aliphatic rings. The summed E-state index contributed by atoms with van der Waals surface area (Å²) in [5.74, 6) is -0.756. The number of carboxylic acids is 1. The summed E-state index contributed by atoms with van der Waals surface area (Å²) in [6.07, 6.45) is 1.60. The summed E-state index contributed by atoms with van der Waals surface area (Å²) < 4.78 is 0. The quantitative estimate of drug-likeness (QED) is 0.565. The fraction of sp³-hybridized carbons (Fsp3) is 0.857. The monoisotopic (exact) mass is 272 g/mol. The van der Waals surface area contributed by atoms with Crippen LogP contribution in [0.1, 0.15) is 47.0 Å². The van der Waals surface area contributed by atoms with Crippen LogP contribution in [0.5, 0.6) is 0 Å². The molecule has 0 bridgehead atoms. The van der Waals surface area contributed by atoms with Gasteiger partial charge in [-0.15, -0.1) is 0 Å². The van der Waals surface area contributed by atoms with Crippen LogP contribution in [0.4, 0.5) is 0 Å². The van der Waals surface area contributed by atoms with E-state index in [9.17, 15) is 9.59 Å². The van der Waals surface area contributed by atoms with E-state index >= 15 is 0 Å². The molecule has 1 unspecified atom stereocenters. The minimum Gasteiger partial charge on any atom is -0.481 e. The SMILES string of the molecule is CCNCC(C)C(=O)NCCC(C)(C)CCC(=O)O. The molecular weight excluding hydrogens is 244 g/mol. The van der Waals surface area contributed by atoms with Gasteiger partial charge in [0.2, 0.25) is 5.91 Å². The third kappa shape index (κ3) is 9.47. The maximum Gasteiger partial charge on any atom is 0.303 e. The molecule has 0 fully saturated rings. The van der Waals surface area contributed by atoms with Crippen LogP contribution in [0.25, 0.3) is 0 Å². The molecule has 3 N–H and O–H groups in total. The normalized spacial score (nSPS) is 13.1. The van der Waals surface area contributed by atoms with Crippen molar-refractivity contribution in [2.75, 3.05) is 19.6 Å². The zero-order chi connectivity index (χ0) is 14.9. The van der Waals surface area contributed by atoms with E-state index in [0.29, 0.717) is 19.5 Å². The summed E-state index contributed by atoms with van der Waals surface area (Å²) in [7, 11) is 0. The molecule has 0 aromatic rings. The third-order valence-electron chi connectivity index (χ3n) is 3.26. The number of hydrogen-bond donors (Lipinski definition) is 3. The number of aliphatic carboxylic acids is 1. The Balaban J connectivity index is 3.87. The number of amides is 1. The first-order valence-electron chi connectivity index (χ1n) is 6.98. The van der Waals surface area contributed by atoms with Gasteiger partial charge in [0.15, 0.2) is 0 Å². The first kappa shape index (κ1) is 17.9. The summed E-state index contributed by atoms with van der Waals surface area (Å²) >= 11 is 0. The lowest BCUT2D eigenvalue weighted by molar-refractivity contribution is -0.137. The van der Waals surface area contributed by atoms with Crippen LogP contribution in [0, 0.1) is 11.3 Å². The van der Waals surface area contributed by atoms with Crippen LogP contribution in [0.15, 0.2) is 0 Å². The van der Waals surface area contributed by atoms with E-state index in [0.717, 1.165) is 13.0 Å². The molecule has 0 rings (SSSR count). The number of hydrogen-bond acceptors (Lipinski definition) is 3. The summed E-state index contributed by atoms with van der Waals surface area (Å²) in [4.78, 5) is 22.3. The first-order chi connectivity index (χ1) is 8.78. The van der Waals surface area contributed by atoms with Crippen molar-refractivity contribution in [3.05, 3.63) is 0 Å². The minimum atomic E-state index is -0.767. The second-order valence-electron chi connectivity index (χ2n) is 5.81. The van der Waals surface area contributed by atoms with Crippen LogP contribution in [0.3, 0.4) is 0 Å². The Labute approximate surface area is 116 Å². The fourth-order valence-corrected chi connectivity index (χ4v) is 1.72. The smallest absolute Gasteiger partial charge is 0.303 e. The van der Waals surface area contributed by atoms with Gasteiger partial charge in [-0.2, -0.15) is 0 Å². The molecule has 0 aliphatic heterocycles. The fourth-order valence-electron chi connectivity index (χ4n) is 1.72. The molecule has 5 nitrogen and oxygen atoms in total. The molecule has 0 spiro atoms. The van der Waals surface area contributed by atoms with Gasteiger partial charge >= 0.3 is 5.97 Å². The zero-order valence-corrected chi connectivity index (χ0v) is 12.6. The Bertz CT molecular complexity index is 290. The lowest BCUT2D eigenvalue weighted by atomic mass is 9.84. The van der Waals surface area contributed by atoms with Crippen molar-refractivity contribution >= 4 is 11.9 Å². The number of carbonyl (C=O) groups is 2. The molecule has 19 heavy (non-hydrogen) atoms. The van der Waals surface area contributed by atoms with E-state index in [-0.39, 0.29) is 23.7 Å². The van der Waals surface area contributed by atoms with Crippen molar-refractivity contribution in [2.45, 2.75) is 47.0 Å². The van der Waals surface area contributed by atoms with E-state index in [2.05, 4.69) is 10.6 Å². The van der Waals surface area contributed by atoms with Gasteiger partial charge in [-0.1, -0.05) is 27.7 Å². The van der Waals surface area contributed by atoms with Crippen molar-refractivity contribution in [3.63, 3.8) is 0 Å². The highest BCUT2D eigenvalue weighted by Crippen LogP contribution is 2.25. The van der Waals surface area contributed by atoms with Crippen molar-refractivity contribution in [1.29, 1.82) is 0 Å². The molecule has 0 heterocycles. The number of nitrogens with one attached hydrogen (secondary N) is 2. The largest absolute Gasteiger partial charge is 0.481 e. The summed E-state index contributed by atoms with van der Waals surface area (Å²) in [5.41, 5.74) is -0.0590. The Hall–Kier alpha value is -1.10. The Kier molecular flexibility index (Phi) is 8.39. The summed E-state index contributed by atoms with van der Waals surface area (Å²) in [6.45, 7) is 10.1. The number of carboxylic acid groups (broad SMARTS) is 1. The molecule has 0 saturated heterocycles. The second kappa shape index (κ2) is 8.91. The molecule has 0 aliphatic carbocycles. The standard InChI is InChI=1S/C14H28N2O3/c1-5-15-10-11(2)13(19)16-9-8-14(3,4)7-6-12(17)18/h11,15H,5-10H2,1-4H3,(H,16,19)(H,17,18). The Morgan fingerprint density at radius 2 is 1.89 bits per heavy atom. The molecule has 5 heteroatoms. The molecule has 0 aromatic heterocycles. The summed E-state index contributed by atoms with van der Waals surface area (Å²) in [6, 6.07) is 0. The second-order valence-corrected chi connectivity index (χ2v) is 5.81. The van der Waals surface area contributed by atoms with E-state index in [1.54, 1.807) is 0 Å². The summed E-state index contributed by atoms with van der Waals surface area (Å²) in [5, 5.41) is 14.7. The Morgan fingerprint density at radius 1 is 1.26 bits per heavy atom. The van der Waals surface area contributed by atoms with E-state index in [1.165, 1.54) is 0 Å². The predicted molar refractivity (Wildman–Crippen MR) is 76.0 cm³/mol. The van der Waals surface area contributed by atoms with Crippen LogP contribution < -0.4 is 10.6 Å². The molecule has 0 aromatic carbocycles. The van der Waals surface area contributed by atoms with E-state index in [1.807, 2.05) is 27.7 Å². The zero-order valence-electron chi connectivity index (χ0n) is 12.6. The molecule has 1 amide bonds. The van der Waals surface area contributed by atoms with Crippen molar-refractivity contribution < 1.29 is 14.7 Å². The molecule has 0 radical (unpaired) electrons. The van der Waals surface area contributed by atoms with Crippen molar-refractivity contribution in [2.24, 2.45) is 11.3 Å². The van der Waals surface area contributed by atoms with Crippen LogP contribution in [-0.2, 0) is 9.59 Å². The molecule has 112 valence electrons. The highest BCUT2D eigenvalue weighted by Gasteiger charge is 2.20. The highest BCUT2D eigenvalue weighted by molar-refractivity contribution is 5.78. The first-order valence-corrected chi connectivity index (χ1v) is 6.98. The van der Waals surface area contributed by atoms with E-state index in [4.69, 9.17) is 5.11 Å². The average Bonchev–Trinajstić information content (AvgIpc) is 2.33.